The van der Waals surface area contributed by atoms with Gasteiger partial charge in [0.1, 0.15) is 15.7 Å². The molecule has 2 aromatic rings. The number of nitrogens with zero attached hydrogens (tertiary/aromatic N) is 1. The van der Waals surface area contributed by atoms with Gasteiger partial charge in [-0.05, 0) is 67.3 Å². The van der Waals surface area contributed by atoms with E-state index in [2.05, 4.69) is 4.98 Å². The smallest absolute Gasteiger partial charge is 0.150 e. The molecule has 0 saturated heterocycles. The third-order valence-electron chi connectivity index (χ3n) is 5.71. The molecule has 0 atom stereocenters. The maximum atomic E-state index is 14.2. The number of benzene rings is 1. The summed E-state index contributed by atoms with van der Waals surface area (Å²) in [5, 5.41) is 0. The summed E-state index contributed by atoms with van der Waals surface area (Å²) in [7, 11) is -2.87. The van der Waals surface area contributed by atoms with Gasteiger partial charge in [-0.1, -0.05) is 31.9 Å². The molecular weight excluding hydrogens is 361 g/mol. The van der Waals surface area contributed by atoms with Gasteiger partial charge in [-0.15, -0.1) is 0 Å². The monoisotopic (exact) mass is 389 g/mol. The van der Waals surface area contributed by atoms with Crippen LogP contribution < -0.4 is 0 Å². The summed E-state index contributed by atoms with van der Waals surface area (Å²) in [6.45, 7) is 1.73. The van der Waals surface area contributed by atoms with E-state index in [1.54, 1.807) is 13.1 Å². The number of hydrogen-bond acceptors (Lipinski definition) is 3. The lowest BCUT2D eigenvalue weighted by atomic mass is 9.80. The van der Waals surface area contributed by atoms with E-state index in [0.29, 0.717) is 28.8 Å². The minimum atomic E-state index is -2.87. The molecule has 0 bridgehead atoms. The van der Waals surface area contributed by atoms with E-state index in [1.807, 2.05) is 30.3 Å². The first-order chi connectivity index (χ1) is 13.0. The van der Waals surface area contributed by atoms with Crippen LogP contribution in [-0.2, 0) is 16.3 Å². The van der Waals surface area contributed by atoms with Gasteiger partial charge in [0, 0.05) is 17.5 Å². The summed E-state index contributed by atoms with van der Waals surface area (Å²) < 4.78 is 37.8. The zero-order valence-electron chi connectivity index (χ0n) is 15.9. The fourth-order valence-corrected chi connectivity index (χ4v) is 5.27. The number of hydrogen-bond donors (Lipinski definition) is 0. The molecule has 1 saturated carbocycles. The first-order valence-corrected chi connectivity index (χ1v) is 11.7. The molecule has 1 heterocycles. The summed E-state index contributed by atoms with van der Waals surface area (Å²) >= 11 is 0. The molecule has 1 fully saturated rings. The van der Waals surface area contributed by atoms with Crippen molar-refractivity contribution < 1.29 is 12.8 Å². The first kappa shape index (κ1) is 20.0. The van der Waals surface area contributed by atoms with E-state index in [4.69, 9.17) is 0 Å². The van der Waals surface area contributed by atoms with Crippen LogP contribution in [0.5, 0.6) is 0 Å². The molecule has 27 heavy (non-hydrogen) atoms. The van der Waals surface area contributed by atoms with Crippen molar-refractivity contribution in [1.82, 2.24) is 4.98 Å². The Kier molecular flexibility index (Phi) is 6.64. The van der Waals surface area contributed by atoms with Crippen molar-refractivity contribution in [2.45, 2.75) is 45.4 Å². The number of aryl methyl sites for hydroxylation is 1. The zero-order chi connectivity index (χ0) is 19.3. The van der Waals surface area contributed by atoms with Crippen molar-refractivity contribution in [1.29, 1.82) is 0 Å². The van der Waals surface area contributed by atoms with Crippen LogP contribution in [0.15, 0.2) is 42.6 Å². The number of aromatic nitrogens is 1. The minimum absolute atomic E-state index is 0.241. The van der Waals surface area contributed by atoms with Crippen LogP contribution >= 0.6 is 0 Å². The number of sulfone groups is 1. The van der Waals surface area contributed by atoms with Crippen LogP contribution in [0.1, 0.15) is 44.6 Å². The van der Waals surface area contributed by atoms with Crippen molar-refractivity contribution in [2.24, 2.45) is 11.8 Å². The lowest BCUT2D eigenvalue weighted by molar-refractivity contribution is 0.279. The van der Waals surface area contributed by atoms with E-state index in [0.717, 1.165) is 44.1 Å². The molecule has 0 radical (unpaired) electrons. The standard InChI is InChI=1S/C22H28FNO2S/c1-2-27(25,26)16-19-10-7-17(8-11-19)6-9-18-12-13-21(23)20(15-18)22-5-3-4-14-24-22/h3-5,12-15,17,19H,2,6-11,16H2,1H3. The van der Waals surface area contributed by atoms with E-state index in [1.165, 1.54) is 6.07 Å². The third kappa shape index (κ3) is 5.61. The molecule has 0 spiro atoms. The van der Waals surface area contributed by atoms with Gasteiger partial charge in [-0.2, -0.15) is 0 Å². The molecule has 1 aliphatic carbocycles. The predicted molar refractivity (Wildman–Crippen MR) is 108 cm³/mol. The minimum Gasteiger partial charge on any atom is -0.256 e. The fourth-order valence-electron chi connectivity index (χ4n) is 3.98. The molecule has 1 aliphatic rings. The molecule has 1 aromatic heterocycles. The average Bonchev–Trinajstić information content (AvgIpc) is 2.69. The van der Waals surface area contributed by atoms with E-state index in [9.17, 15) is 12.8 Å². The highest BCUT2D eigenvalue weighted by atomic mass is 32.2. The zero-order valence-corrected chi connectivity index (χ0v) is 16.7. The van der Waals surface area contributed by atoms with Gasteiger partial charge in [0.2, 0.25) is 0 Å². The van der Waals surface area contributed by atoms with Crippen molar-refractivity contribution >= 4 is 9.84 Å². The van der Waals surface area contributed by atoms with Crippen molar-refractivity contribution in [3.8, 4) is 11.3 Å². The normalized spacial score (nSPS) is 20.5. The predicted octanol–water partition coefficient (Wildman–Crippen LogP) is 5.06. The molecule has 3 rings (SSSR count). The summed E-state index contributed by atoms with van der Waals surface area (Å²) in [5.74, 6) is 1.31. The van der Waals surface area contributed by atoms with E-state index >= 15 is 0 Å². The number of rotatable bonds is 7. The highest BCUT2D eigenvalue weighted by Gasteiger charge is 2.24. The first-order valence-electron chi connectivity index (χ1n) is 9.87. The topological polar surface area (TPSA) is 47.0 Å². The van der Waals surface area contributed by atoms with Crippen molar-refractivity contribution in [2.75, 3.05) is 11.5 Å². The molecule has 1 aromatic carbocycles. The molecule has 0 amide bonds. The Morgan fingerprint density at radius 1 is 1.07 bits per heavy atom. The second kappa shape index (κ2) is 8.96. The van der Waals surface area contributed by atoms with Gasteiger partial charge in [0.25, 0.3) is 0 Å². The van der Waals surface area contributed by atoms with Gasteiger partial charge in [0.05, 0.1) is 11.4 Å². The largest absolute Gasteiger partial charge is 0.256 e. The van der Waals surface area contributed by atoms with Gasteiger partial charge < -0.3 is 0 Å². The lowest BCUT2D eigenvalue weighted by Gasteiger charge is -2.28. The Hall–Kier alpha value is -1.75. The Balaban J connectivity index is 1.54. The van der Waals surface area contributed by atoms with Crippen molar-refractivity contribution in [3.63, 3.8) is 0 Å². The SMILES string of the molecule is CCS(=O)(=O)CC1CCC(CCc2ccc(F)c(-c3ccccn3)c2)CC1. The number of pyridine rings is 1. The molecule has 0 aliphatic heterocycles. The Morgan fingerprint density at radius 3 is 2.48 bits per heavy atom. The summed E-state index contributed by atoms with van der Waals surface area (Å²) in [6, 6.07) is 10.8. The molecule has 0 unspecified atom stereocenters. The molecule has 146 valence electrons. The van der Waals surface area contributed by atoms with Crippen molar-refractivity contribution in [3.05, 3.63) is 54.0 Å². The quantitative estimate of drug-likeness (QED) is 0.665. The summed E-state index contributed by atoms with van der Waals surface area (Å²) in [4.78, 5) is 4.26. The Bertz CT molecular complexity index is 844. The van der Waals surface area contributed by atoms with Gasteiger partial charge in [-0.25, -0.2) is 12.8 Å². The Labute approximate surface area is 162 Å². The van der Waals surface area contributed by atoms with Crippen LogP contribution in [0.2, 0.25) is 0 Å². The van der Waals surface area contributed by atoms with Gasteiger partial charge in [-0.3, -0.25) is 4.98 Å². The second-order valence-corrected chi connectivity index (χ2v) is 10.1. The fraction of sp³-hybridized carbons (Fsp3) is 0.500. The molecule has 3 nitrogen and oxygen atoms in total. The van der Waals surface area contributed by atoms with Gasteiger partial charge in [0.15, 0.2) is 0 Å². The summed E-state index contributed by atoms with van der Waals surface area (Å²) in [6.07, 6.45) is 7.87. The average molecular weight is 390 g/mol. The van der Waals surface area contributed by atoms with Crippen LogP contribution in [0.4, 0.5) is 4.39 Å². The van der Waals surface area contributed by atoms with E-state index < -0.39 is 9.84 Å². The van der Waals surface area contributed by atoms with Crippen LogP contribution in [-0.4, -0.2) is 24.9 Å². The Morgan fingerprint density at radius 2 is 1.81 bits per heavy atom. The van der Waals surface area contributed by atoms with E-state index in [-0.39, 0.29) is 11.6 Å². The maximum absolute atomic E-state index is 14.2. The molecular formula is C22H28FNO2S. The van der Waals surface area contributed by atoms with Crippen LogP contribution in [0.3, 0.4) is 0 Å². The maximum Gasteiger partial charge on any atom is 0.150 e. The lowest BCUT2D eigenvalue weighted by Crippen LogP contribution is -2.23. The van der Waals surface area contributed by atoms with Crippen LogP contribution in [0, 0.1) is 17.7 Å². The third-order valence-corrected chi connectivity index (χ3v) is 7.57. The number of halogens is 1. The highest BCUT2D eigenvalue weighted by Crippen LogP contribution is 2.33. The van der Waals surface area contributed by atoms with Crippen LogP contribution in [0.25, 0.3) is 11.3 Å². The van der Waals surface area contributed by atoms with Gasteiger partial charge >= 0.3 is 0 Å². The highest BCUT2D eigenvalue weighted by molar-refractivity contribution is 7.91. The summed E-state index contributed by atoms with van der Waals surface area (Å²) in [5.41, 5.74) is 2.35. The molecule has 0 N–H and O–H groups in total. The molecule has 5 heteroatoms. The second-order valence-electron chi connectivity index (χ2n) is 7.65.